The maximum absolute atomic E-state index is 6.65. The molecule has 0 atom stereocenters. The Morgan fingerprint density at radius 1 is 0.510 bits per heavy atom. The molecule has 0 aliphatic carbocycles. The number of ether oxygens (including phenoxy) is 1. The van der Waals surface area contributed by atoms with Crippen molar-refractivity contribution in [2.75, 3.05) is 4.90 Å². The molecule has 1 aliphatic rings. The van der Waals surface area contributed by atoms with Crippen LogP contribution in [0.15, 0.2) is 188 Å². The number of aromatic nitrogens is 2. The molecule has 8 aromatic rings. The molecule has 0 unspecified atom stereocenters. The van der Waals surface area contributed by atoms with E-state index in [2.05, 4.69) is 144 Å². The first-order chi connectivity index (χ1) is 24.3. The van der Waals surface area contributed by atoms with Crippen molar-refractivity contribution in [3.8, 4) is 22.8 Å². The fraction of sp³-hybridized carbons (Fsp3) is 0.0222. The van der Waals surface area contributed by atoms with Crippen LogP contribution in [0.5, 0.6) is 11.5 Å². The van der Waals surface area contributed by atoms with Crippen LogP contribution in [0.2, 0.25) is 0 Å². The number of hydrogen-bond acceptors (Lipinski definition) is 4. The summed E-state index contributed by atoms with van der Waals surface area (Å²) in [5.74, 6) is 1.49. The summed E-state index contributed by atoms with van der Waals surface area (Å²) >= 11 is 0. The van der Waals surface area contributed by atoms with Crippen molar-refractivity contribution < 1.29 is 4.74 Å². The van der Waals surface area contributed by atoms with Gasteiger partial charge in [0.1, 0.15) is 11.5 Å². The normalized spacial score (nSPS) is 13.0. The molecule has 0 radical (unpaired) electrons. The Kier molecular flexibility index (Phi) is 6.98. The lowest BCUT2D eigenvalue weighted by molar-refractivity contribution is 0.481. The maximum Gasteiger partial charge on any atom is 0.128 e. The Morgan fingerprint density at radius 2 is 1.18 bits per heavy atom. The highest BCUT2D eigenvalue weighted by atomic mass is 16.5. The quantitative estimate of drug-likeness (QED) is 0.183. The monoisotopic (exact) mass is 629 g/mol. The summed E-state index contributed by atoms with van der Waals surface area (Å²) in [5, 5.41) is 1.12. The minimum Gasteiger partial charge on any atom is -0.457 e. The topological polar surface area (TPSA) is 38.2 Å². The SMILES string of the molecule is c1ccc(N2c3ccccc3C(c3cccc(Oc4cccc(-c5ccc6ccccc6n5)c4)c3)(c3ccccn3)c3ccccc32)cc1. The van der Waals surface area contributed by atoms with Crippen LogP contribution in [-0.4, -0.2) is 9.97 Å². The molecule has 0 amide bonds. The molecule has 4 nitrogen and oxygen atoms in total. The van der Waals surface area contributed by atoms with Gasteiger partial charge in [0.15, 0.2) is 0 Å². The molecular formula is C45H31N3O. The van der Waals surface area contributed by atoms with Crippen molar-refractivity contribution in [2.24, 2.45) is 0 Å². The number of nitrogens with zero attached hydrogens (tertiary/aromatic N) is 3. The van der Waals surface area contributed by atoms with Crippen LogP contribution in [0, 0.1) is 0 Å². The second kappa shape index (κ2) is 11.9. The predicted molar refractivity (Wildman–Crippen MR) is 198 cm³/mol. The number of rotatable bonds is 6. The fourth-order valence-electron chi connectivity index (χ4n) is 7.30. The lowest BCUT2D eigenvalue weighted by Crippen LogP contribution is -2.38. The highest BCUT2D eigenvalue weighted by Gasteiger charge is 2.47. The zero-order valence-corrected chi connectivity index (χ0v) is 26.6. The van der Waals surface area contributed by atoms with Gasteiger partial charge in [0.2, 0.25) is 0 Å². The third kappa shape index (κ3) is 4.85. The number of anilines is 3. The smallest absolute Gasteiger partial charge is 0.128 e. The summed E-state index contributed by atoms with van der Waals surface area (Å²) in [5.41, 5.74) is 9.82. The minimum atomic E-state index is -0.712. The molecular weight excluding hydrogens is 599 g/mol. The van der Waals surface area contributed by atoms with E-state index in [1.165, 1.54) is 0 Å². The summed E-state index contributed by atoms with van der Waals surface area (Å²) in [6.07, 6.45) is 1.89. The lowest BCUT2D eigenvalue weighted by Gasteiger charge is -2.45. The summed E-state index contributed by atoms with van der Waals surface area (Å²) in [6.45, 7) is 0. The van der Waals surface area contributed by atoms with Crippen molar-refractivity contribution in [1.82, 2.24) is 9.97 Å². The van der Waals surface area contributed by atoms with Gasteiger partial charge in [0, 0.05) is 22.8 Å². The van der Waals surface area contributed by atoms with E-state index in [-0.39, 0.29) is 0 Å². The molecule has 49 heavy (non-hydrogen) atoms. The molecule has 0 bridgehead atoms. The molecule has 0 saturated carbocycles. The van der Waals surface area contributed by atoms with Gasteiger partial charge in [-0.1, -0.05) is 109 Å². The molecule has 3 heterocycles. The molecule has 9 rings (SSSR count). The average molecular weight is 630 g/mol. The van der Waals surface area contributed by atoms with E-state index in [0.29, 0.717) is 0 Å². The lowest BCUT2D eigenvalue weighted by atomic mass is 9.64. The van der Waals surface area contributed by atoms with Crippen molar-refractivity contribution in [2.45, 2.75) is 5.41 Å². The Balaban J connectivity index is 1.19. The van der Waals surface area contributed by atoms with Gasteiger partial charge in [0.05, 0.1) is 33.7 Å². The number of para-hydroxylation sites is 4. The van der Waals surface area contributed by atoms with Gasteiger partial charge in [-0.15, -0.1) is 0 Å². The van der Waals surface area contributed by atoms with Crippen LogP contribution in [0.25, 0.3) is 22.2 Å². The zero-order chi connectivity index (χ0) is 32.6. The second-order valence-electron chi connectivity index (χ2n) is 12.2. The van der Waals surface area contributed by atoms with E-state index < -0.39 is 5.41 Å². The fourth-order valence-corrected chi connectivity index (χ4v) is 7.30. The van der Waals surface area contributed by atoms with Crippen molar-refractivity contribution in [3.05, 3.63) is 211 Å². The van der Waals surface area contributed by atoms with Crippen LogP contribution in [0.1, 0.15) is 22.4 Å². The number of pyridine rings is 2. The second-order valence-corrected chi connectivity index (χ2v) is 12.2. The van der Waals surface area contributed by atoms with Gasteiger partial charge in [0.25, 0.3) is 0 Å². The van der Waals surface area contributed by atoms with Gasteiger partial charge in [-0.2, -0.15) is 0 Å². The average Bonchev–Trinajstić information content (AvgIpc) is 3.17. The van der Waals surface area contributed by atoms with E-state index in [1.807, 2.05) is 48.7 Å². The minimum absolute atomic E-state index is 0.712. The molecule has 0 saturated heterocycles. The standard InChI is InChI=1S/C45H31N3O/c1-2-17-35(18-3-1)48-42-24-8-5-21-38(42)45(44-26-10-11-29-46-44,39-22-6-9-25-43(39)48)34-16-13-20-37(31-34)49-36-19-12-15-33(30-36)41-28-27-32-14-4-7-23-40(32)47-41/h1-31H. The van der Waals surface area contributed by atoms with Crippen LogP contribution in [0.3, 0.4) is 0 Å². The van der Waals surface area contributed by atoms with Crippen molar-refractivity contribution in [1.29, 1.82) is 0 Å². The highest BCUT2D eigenvalue weighted by molar-refractivity contribution is 5.89. The first-order valence-corrected chi connectivity index (χ1v) is 16.5. The van der Waals surface area contributed by atoms with Gasteiger partial charge >= 0.3 is 0 Å². The van der Waals surface area contributed by atoms with E-state index in [4.69, 9.17) is 14.7 Å². The van der Waals surface area contributed by atoms with Crippen LogP contribution < -0.4 is 9.64 Å². The van der Waals surface area contributed by atoms with Gasteiger partial charge < -0.3 is 9.64 Å². The maximum atomic E-state index is 6.65. The summed E-state index contributed by atoms with van der Waals surface area (Å²) in [7, 11) is 0. The van der Waals surface area contributed by atoms with Gasteiger partial charge in [-0.3, -0.25) is 4.98 Å². The summed E-state index contributed by atoms with van der Waals surface area (Å²) in [6, 6.07) is 63.1. The van der Waals surface area contributed by atoms with E-state index in [1.54, 1.807) is 0 Å². The highest BCUT2D eigenvalue weighted by Crippen LogP contribution is 2.57. The van der Waals surface area contributed by atoms with Crippen molar-refractivity contribution >= 4 is 28.0 Å². The Labute approximate surface area is 285 Å². The molecule has 0 N–H and O–H groups in total. The molecule has 232 valence electrons. The summed E-state index contributed by atoms with van der Waals surface area (Å²) < 4.78 is 6.65. The molecule has 1 aliphatic heterocycles. The van der Waals surface area contributed by atoms with Crippen LogP contribution in [-0.2, 0) is 5.41 Å². The molecule has 6 aromatic carbocycles. The van der Waals surface area contributed by atoms with Crippen LogP contribution in [0.4, 0.5) is 17.1 Å². The zero-order valence-electron chi connectivity index (χ0n) is 26.6. The third-order valence-corrected chi connectivity index (χ3v) is 9.39. The predicted octanol–water partition coefficient (Wildman–Crippen LogP) is 11.3. The largest absolute Gasteiger partial charge is 0.457 e. The Bertz CT molecular complexity index is 2390. The Hall–Kier alpha value is -6.52. The number of fused-ring (bicyclic) bond motifs is 3. The van der Waals surface area contributed by atoms with Crippen LogP contribution >= 0.6 is 0 Å². The van der Waals surface area contributed by atoms with E-state index in [0.717, 1.165) is 73.1 Å². The van der Waals surface area contributed by atoms with Crippen molar-refractivity contribution in [3.63, 3.8) is 0 Å². The molecule has 0 fully saturated rings. The van der Waals surface area contributed by atoms with Gasteiger partial charge in [-0.05, 0) is 89.5 Å². The summed E-state index contributed by atoms with van der Waals surface area (Å²) in [4.78, 5) is 12.3. The molecule has 4 heteroatoms. The number of benzene rings is 6. The molecule has 2 aromatic heterocycles. The van der Waals surface area contributed by atoms with Gasteiger partial charge in [-0.25, -0.2) is 4.98 Å². The van der Waals surface area contributed by atoms with E-state index in [9.17, 15) is 0 Å². The first-order valence-electron chi connectivity index (χ1n) is 16.5. The first kappa shape index (κ1) is 28.7. The third-order valence-electron chi connectivity index (χ3n) is 9.39. The molecule has 0 spiro atoms. The Morgan fingerprint density at radius 3 is 1.96 bits per heavy atom. The number of hydrogen-bond donors (Lipinski definition) is 0. The van der Waals surface area contributed by atoms with E-state index >= 15 is 0 Å².